The van der Waals surface area contributed by atoms with Crippen molar-refractivity contribution in [2.45, 2.75) is 197 Å². The molecule has 40 heavy (non-hydrogen) atoms. The highest BCUT2D eigenvalue weighted by Crippen LogP contribution is 2.53. The van der Waals surface area contributed by atoms with E-state index < -0.39 is 0 Å². The van der Waals surface area contributed by atoms with Gasteiger partial charge in [0.05, 0.1) is 6.07 Å². The zero-order chi connectivity index (χ0) is 26.9. The molecule has 7 fully saturated rings. The van der Waals surface area contributed by atoms with Crippen LogP contribution in [0.15, 0.2) is 0 Å². The molecule has 6 aliphatic carbocycles. The first-order chi connectivity index (χ1) is 19.8. The molecule has 1 heterocycles. The fourth-order valence-corrected chi connectivity index (χ4v) is 12.3. The molecule has 3 heteroatoms. The first kappa shape index (κ1) is 28.2. The van der Waals surface area contributed by atoms with Crippen molar-refractivity contribution in [1.29, 1.82) is 5.26 Å². The third kappa shape index (κ3) is 5.68. The zero-order valence-corrected chi connectivity index (χ0v) is 25.9. The summed E-state index contributed by atoms with van der Waals surface area (Å²) in [6, 6.07) is 8.01. The van der Waals surface area contributed by atoms with Gasteiger partial charge in [-0.05, 0) is 133 Å². The molecule has 0 bridgehead atoms. The molecule has 7 aliphatic rings. The summed E-state index contributed by atoms with van der Waals surface area (Å²) < 4.78 is 0. The molecule has 0 aromatic rings. The Morgan fingerprint density at radius 2 is 1.02 bits per heavy atom. The van der Waals surface area contributed by atoms with Gasteiger partial charge >= 0.3 is 0 Å². The summed E-state index contributed by atoms with van der Waals surface area (Å²) in [5.74, 6) is 4.27. The Kier molecular flexibility index (Phi) is 9.13. The van der Waals surface area contributed by atoms with Crippen molar-refractivity contribution in [3.05, 3.63) is 0 Å². The molecule has 5 atom stereocenters. The van der Waals surface area contributed by atoms with Crippen LogP contribution in [0.25, 0.3) is 0 Å². The van der Waals surface area contributed by atoms with Crippen LogP contribution in [-0.4, -0.2) is 46.1 Å². The number of likely N-dealkylation sites (tertiary alicyclic amines) is 1. The smallest absolute Gasteiger partial charge is 0.0655 e. The predicted octanol–water partition coefficient (Wildman–Crippen LogP) is 9.25. The van der Waals surface area contributed by atoms with E-state index in [4.69, 9.17) is 0 Å². The Labute approximate surface area is 247 Å². The van der Waals surface area contributed by atoms with Crippen molar-refractivity contribution in [3.63, 3.8) is 0 Å². The molecule has 224 valence electrons. The second-order valence-electron chi connectivity index (χ2n) is 16.0. The Morgan fingerprint density at radius 1 is 0.475 bits per heavy atom. The van der Waals surface area contributed by atoms with E-state index in [0.29, 0.717) is 5.92 Å². The van der Waals surface area contributed by atoms with E-state index in [-0.39, 0.29) is 0 Å². The van der Waals surface area contributed by atoms with Crippen LogP contribution in [-0.2, 0) is 0 Å². The summed E-state index contributed by atoms with van der Waals surface area (Å²) in [7, 11) is 0. The maximum absolute atomic E-state index is 9.35. The summed E-state index contributed by atoms with van der Waals surface area (Å²) in [4.78, 5) is 6.49. The van der Waals surface area contributed by atoms with Gasteiger partial charge in [-0.15, -0.1) is 0 Å². The summed E-state index contributed by atoms with van der Waals surface area (Å²) >= 11 is 0. The second-order valence-corrected chi connectivity index (χ2v) is 16.0. The Bertz CT molecular complexity index is 818. The lowest BCUT2D eigenvalue weighted by molar-refractivity contribution is -0.00827. The average Bonchev–Trinajstić information content (AvgIpc) is 3.36. The van der Waals surface area contributed by atoms with Crippen molar-refractivity contribution in [3.8, 4) is 6.07 Å². The van der Waals surface area contributed by atoms with Gasteiger partial charge in [-0.3, -0.25) is 9.80 Å². The lowest BCUT2D eigenvalue weighted by atomic mass is 9.70. The molecule has 0 aromatic carbocycles. The van der Waals surface area contributed by atoms with Gasteiger partial charge in [0.15, 0.2) is 0 Å². The molecule has 0 amide bonds. The number of nitrogens with zero attached hydrogens (tertiary/aromatic N) is 3. The largest absolute Gasteiger partial charge is 0.294 e. The number of rotatable bonds is 5. The quantitative estimate of drug-likeness (QED) is 0.343. The molecule has 5 unspecified atom stereocenters. The summed E-state index contributed by atoms with van der Waals surface area (Å²) in [5.41, 5.74) is 0. The van der Waals surface area contributed by atoms with Gasteiger partial charge in [0.25, 0.3) is 0 Å². The maximum Gasteiger partial charge on any atom is 0.0655 e. The number of fused-ring (bicyclic) bond motifs is 3. The van der Waals surface area contributed by atoms with Crippen LogP contribution in [0, 0.1) is 40.9 Å². The van der Waals surface area contributed by atoms with E-state index in [1.165, 1.54) is 148 Å². The van der Waals surface area contributed by atoms with Gasteiger partial charge < -0.3 is 0 Å². The topological polar surface area (TPSA) is 30.3 Å². The Morgan fingerprint density at radius 3 is 1.65 bits per heavy atom. The van der Waals surface area contributed by atoms with E-state index in [2.05, 4.69) is 15.9 Å². The SMILES string of the molecule is N#CC1CCC(C2CCC(N3C4CCCCC4C4CC(N(C5CCCCC5)C5CCCCC5)CCC43)CC2)CC1. The van der Waals surface area contributed by atoms with Crippen LogP contribution >= 0.6 is 0 Å². The molecule has 0 aromatic heterocycles. The minimum absolute atomic E-state index is 0.361. The molecule has 0 spiro atoms. The number of hydrogen-bond donors (Lipinski definition) is 0. The highest BCUT2D eigenvalue weighted by molar-refractivity contribution is 5.08. The van der Waals surface area contributed by atoms with Gasteiger partial charge in [-0.1, -0.05) is 51.4 Å². The van der Waals surface area contributed by atoms with Gasteiger partial charge in [0.1, 0.15) is 0 Å². The second kappa shape index (κ2) is 13.0. The van der Waals surface area contributed by atoms with Gasteiger partial charge in [-0.25, -0.2) is 0 Å². The molecule has 3 nitrogen and oxygen atoms in total. The molecule has 0 radical (unpaired) electrons. The highest BCUT2D eigenvalue weighted by Gasteiger charge is 2.54. The fourth-order valence-electron chi connectivity index (χ4n) is 12.3. The van der Waals surface area contributed by atoms with Crippen LogP contribution in [0.3, 0.4) is 0 Å². The minimum atomic E-state index is 0.361. The van der Waals surface area contributed by atoms with Crippen molar-refractivity contribution >= 4 is 0 Å². The normalized spacial score (nSPS) is 44.1. The number of nitriles is 1. The van der Waals surface area contributed by atoms with Gasteiger partial charge in [0.2, 0.25) is 0 Å². The summed E-state index contributed by atoms with van der Waals surface area (Å²) in [6.45, 7) is 0. The van der Waals surface area contributed by atoms with E-state index >= 15 is 0 Å². The molecule has 7 rings (SSSR count). The van der Waals surface area contributed by atoms with Gasteiger partial charge in [0, 0.05) is 42.2 Å². The van der Waals surface area contributed by atoms with Crippen molar-refractivity contribution in [2.24, 2.45) is 29.6 Å². The highest BCUT2D eigenvalue weighted by atomic mass is 15.3. The lowest BCUT2D eigenvalue weighted by Gasteiger charge is -2.50. The van der Waals surface area contributed by atoms with Crippen molar-refractivity contribution in [2.75, 3.05) is 0 Å². The van der Waals surface area contributed by atoms with E-state index in [1.807, 2.05) is 0 Å². The monoisotopic (exact) mass is 547 g/mol. The first-order valence-corrected chi connectivity index (χ1v) is 18.7. The molecule has 0 N–H and O–H groups in total. The van der Waals surface area contributed by atoms with Gasteiger partial charge in [-0.2, -0.15) is 5.26 Å². The van der Waals surface area contributed by atoms with Crippen LogP contribution in [0.4, 0.5) is 0 Å². The van der Waals surface area contributed by atoms with E-state index in [9.17, 15) is 5.26 Å². The Hall–Kier alpha value is -0.590. The predicted molar refractivity (Wildman–Crippen MR) is 165 cm³/mol. The minimum Gasteiger partial charge on any atom is -0.294 e. The van der Waals surface area contributed by atoms with Crippen LogP contribution < -0.4 is 0 Å². The average molecular weight is 548 g/mol. The maximum atomic E-state index is 9.35. The Balaban J connectivity index is 1.03. The molecule has 1 aliphatic heterocycles. The fraction of sp³-hybridized carbons (Fsp3) is 0.973. The van der Waals surface area contributed by atoms with Crippen LogP contribution in [0.2, 0.25) is 0 Å². The molecular weight excluding hydrogens is 486 g/mol. The molecule has 1 saturated heterocycles. The lowest BCUT2D eigenvalue weighted by Crippen LogP contribution is -2.55. The number of hydrogen-bond acceptors (Lipinski definition) is 3. The third-order valence-corrected chi connectivity index (χ3v) is 14.1. The first-order valence-electron chi connectivity index (χ1n) is 18.7. The van der Waals surface area contributed by atoms with Crippen molar-refractivity contribution < 1.29 is 0 Å². The molecule has 6 saturated carbocycles. The summed E-state index contributed by atoms with van der Waals surface area (Å²) in [5, 5.41) is 9.35. The third-order valence-electron chi connectivity index (χ3n) is 14.1. The zero-order valence-electron chi connectivity index (χ0n) is 25.9. The van der Waals surface area contributed by atoms with Crippen LogP contribution in [0.1, 0.15) is 161 Å². The van der Waals surface area contributed by atoms with E-state index in [0.717, 1.165) is 59.9 Å². The van der Waals surface area contributed by atoms with E-state index in [1.54, 1.807) is 12.8 Å². The summed E-state index contributed by atoms with van der Waals surface area (Å²) in [6.07, 6.45) is 36.5. The van der Waals surface area contributed by atoms with Crippen LogP contribution in [0.5, 0.6) is 0 Å². The standard InChI is InChI=1S/C37H61N3/c38-26-27-15-17-28(18-16-27)29-19-21-32(22-20-29)40-36-14-8-7-13-34(36)35-25-33(23-24-37(35)40)39(30-9-3-1-4-10-30)31-11-5-2-6-12-31/h27-37H,1-25H2. The molecular formula is C37H61N3. The van der Waals surface area contributed by atoms with Crippen molar-refractivity contribution in [1.82, 2.24) is 9.80 Å².